The van der Waals surface area contributed by atoms with Crippen LogP contribution in [0.2, 0.25) is 0 Å². The molecule has 0 fully saturated rings. The monoisotopic (exact) mass is 220 g/mol. The van der Waals surface area contributed by atoms with Crippen molar-refractivity contribution in [1.82, 2.24) is 19.9 Å². The molecule has 86 valence electrons. The number of rotatable bonds is 4. The van der Waals surface area contributed by atoms with Gasteiger partial charge in [-0.3, -0.25) is 0 Å². The lowest BCUT2D eigenvalue weighted by Crippen LogP contribution is -2.23. The van der Waals surface area contributed by atoms with Crippen LogP contribution >= 0.6 is 0 Å². The third kappa shape index (κ3) is 1.91. The van der Waals surface area contributed by atoms with E-state index in [0.717, 1.165) is 16.9 Å². The molecular formula is C11H16N4O. The lowest BCUT2D eigenvalue weighted by Gasteiger charge is -2.15. The number of aliphatic hydroxyl groups is 1. The van der Waals surface area contributed by atoms with Gasteiger partial charge in [0.15, 0.2) is 5.65 Å². The third-order valence-corrected chi connectivity index (χ3v) is 2.72. The van der Waals surface area contributed by atoms with Gasteiger partial charge in [0.1, 0.15) is 0 Å². The smallest absolute Gasteiger partial charge is 0.155 e. The summed E-state index contributed by atoms with van der Waals surface area (Å²) in [6.45, 7) is 4.79. The second kappa shape index (κ2) is 4.59. The van der Waals surface area contributed by atoms with Gasteiger partial charge in [-0.25, -0.2) is 9.50 Å². The number of nitrogens with zero attached hydrogens (tertiary/aromatic N) is 3. The number of hydrogen-bond donors (Lipinski definition) is 2. The van der Waals surface area contributed by atoms with E-state index < -0.39 is 0 Å². The maximum Gasteiger partial charge on any atom is 0.155 e. The Hall–Kier alpha value is -1.46. The number of fused-ring (bicyclic) bond motifs is 1. The minimum absolute atomic E-state index is 0.140. The van der Waals surface area contributed by atoms with Crippen LogP contribution in [-0.4, -0.2) is 32.9 Å². The second-order valence-electron chi connectivity index (χ2n) is 3.80. The number of nitrogens with one attached hydrogen (secondary N) is 1. The van der Waals surface area contributed by atoms with E-state index in [0.29, 0.717) is 6.54 Å². The SMILES string of the molecule is Cc1c(C(C)NCCO)cnc2ccnn12. The van der Waals surface area contributed by atoms with Gasteiger partial charge in [-0.1, -0.05) is 0 Å². The summed E-state index contributed by atoms with van der Waals surface area (Å²) in [5, 5.41) is 16.2. The highest BCUT2D eigenvalue weighted by Gasteiger charge is 2.11. The highest BCUT2D eigenvalue weighted by molar-refractivity contribution is 5.39. The molecule has 0 aliphatic rings. The Bertz CT molecular complexity index is 480. The van der Waals surface area contributed by atoms with Gasteiger partial charge in [0.25, 0.3) is 0 Å². The van der Waals surface area contributed by atoms with Gasteiger partial charge in [-0.05, 0) is 13.8 Å². The van der Waals surface area contributed by atoms with Crippen LogP contribution in [0.4, 0.5) is 0 Å². The molecule has 0 amide bonds. The average Bonchev–Trinajstić information content (AvgIpc) is 2.75. The molecule has 0 spiro atoms. The third-order valence-electron chi connectivity index (χ3n) is 2.72. The fraction of sp³-hybridized carbons (Fsp3) is 0.455. The first-order valence-electron chi connectivity index (χ1n) is 5.37. The molecule has 0 radical (unpaired) electrons. The van der Waals surface area contributed by atoms with E-state index in [-0.39, 0.29) is 12.6 Å². The Balaban J connectivity index is 2.33. The van der Waals surface area contributed by atoms with Gasteiger partial charge in [-0.2, -0.15) is 5.10 Å². The fourth-order valence-electron chi connectivity index (χ4n) is 1.82. The fourth-order valence-corrected chi connectivity index (χ4v) is 1.82. The van der Waals surface area contributed by atoms with Crippen molar-refractivity contribution >= 4 is 5.65 Å². The van der Waals surface area contributed by atoms with Crippen molar-refractivity contribution in [3.05, 3.63) is 29.7 Å². The van der Waals surface area contributed by atoms with E-state index in [1.165, 1.54) is 0 Å². The summed E-state index contributed by atoms with van der Waals surface area (Å²) in [4.78, 5) is 4.33. The lowest BCUT2D eigenvalue weighted by atomic mass is 10.1. The molecule has 2 N–H and O–H groups in total. The molecule has 1 unspecified atom stereocenters. The lowest BCUT2D eigenvalue weighted by molar-refractivity contribution is 0.286. The highest BCUT2D eigenvalue weighted by Crippen LogP contribution is 2.16. The summed E-state index contributed by atoms with van der Waals surface area (Å²) in [5.74, 6) is 0. The maximum absolute atomic E-state index is 8.77. The molecule has 1 atom stereocenters. The molecule has 16 heavy (non-hydrogen) atoms. The number of aliphatic hydroxyl groups excluding tert-OH is 1. The van der Waals surface area contributed by atoms with Crippen LogP contribution in [0.5, 0.6) is 0 Å². The number of aryl methyl sites for hydroxylation is 1. The standard InChI is InChI=1S/C11H16N4O/c1-8(12-5-6-16)10-7-13-11-3-4-14-15(11)9(10)2/h3-4,7-8,12,16H,5-6H2,1-2H3. The molecular weight excluding hydrogens is 204 g/mol. The van der Waals surface area contributed by atoms with Crippen molar-refractivity contribution in [3.63, 3.8) is 0 Å². The molecule has 5 nitrogen and oxygen atoms in total. The van der Waals surface area contributed by atoms with Crippen LogP contribution in [-0.2, 0) is 0 Å². The first kappa shape index (κ1) is 11.0. The zero-order valence-electron chi connectivity index (χ0n) is 9.51. The Morgan fingerprint density at radius 3 is 3.12 bits per heavy atom. The van der Waals surface area contributed by atoms with Gasteiger partial charge < -0.3 is 10.4 Å². The zero-order valence-corrected chi connectivity index (χ0v) is 9.51. The molecule has 2 aromatic heterocycles. The van der Waals surface area contributed by atoms with E-state index in [2.05, 4.69) is 22.3 Å². The minimum Gasteiger partial charge on any atom is -0.395 e. The summed E-state index contributed by atoms with van der Waals surface area (Å²) in [6, 6.07) is 2.04. The van der Waals surface area contributed by atoms with Crippen LogP contribution in [0.25, 0.3) is 5.65 Å². The van der Waals surface area contributed by atoms with Crippen molar-refractivity contribution in [3.8, 4) is 0 Å². The van der Waals surface area contributed by atoms with E-state index >= 15 is 0 Å². The topological polar surface area (TPSA) is 62.5 Å². The van der Waals surface area contributed by atoms with Gasteiger partial charge in [-0.15, -0.1) is 0 Å². The number of hydrogen-bond acceptors (Lipinski definition) is 4. The molecule has 0 aliphatic carbocycles. The van der Waals surface area contributed by atoms with Gasteiger partial charge in [0, 0.05) is 36.1 Å². The normalized spacial score (nSPS) is 13.2. The predicted octanol–water partition coefficient (Wildman–Crippen LogP) is 0.681. The van der Waals surface area contributed by atoms with E-state index in [9.17, 15) is 0 Å². The second-order valence-corrected chi connectivity index (χ2v) is 3.80. The van der Waals surface area contributed by atoms with Crippen LogP contribution < -0.4 is 5.32 Å². The van der Waals surface area contributed by atoms with E-state index in [1.54, 1.807) is 6.20 Å². The molecule has 2 heterocycles. The summed E-state index contributed by atoms with van der Waals surface area (Å²) in [5.41, 5.74) is 3.04. The summed E-state index contributed by atoms with van der Waals surface area (Å²) >= 11 is 0. The van der Waals surface area contributed by atoms with Crippen LogP contribution in [0.3, 0.4) is 0 Å². The first-order valence-corrected chi connectivity index (χ1v) is 5.37. The maximum atomic E-state index is 8.77. The Labute approximate surface area is 94.1 Å². The van der Waals surface area contributed by atoms with Crippen molar-refractivity contribution < 1.29 is 5.11 Å². The van der Waals surface area contributed by atoms with Gasteiger partial charge in [0.2, 0.25) is 0 Å². The van der Waals surface area contributed by atoms with Crippen LogP contribution in [0.1, 0.15) is 24.2 Å². The van der Waals surface area contributed by atoms with Crippen LogP contribution in [0, 0.1) is 6.92 Å². The van der Waals surface area contributed by atoms with Crippen LogP contribution in [0.15, 0.2) is 18.5 Å². The Kier molecular flexibility index (Phi) is 3.17. The molecule has 2 rings (SSSR count). The molecule has 0 bridgehead atoms. The molecule has 2 aromatic rings. The summed E-state index contributed by atoms with van der Waals surface area (Å²) in [7, 11) is 0. The average molecular weight is 220 g/mol. The van der Waals surface area contributed by atoms with Gasteiger partial charge in [0.05, 0.1) is 12.8 Å². The molecule has 0 aromatic carbocycles. The largest absolute Gasteiger partial charge is 0.395 e. The van der Waals surface area contributed by atoms with Crippen molar-refractivity contribution in [2.45, 2.75) is 19.9 Å². The minimum atomic E-state index is 0.140. The highest BCUT2D eigenvalue weighted by atomic mass is 16.3. The zero-order chi connectivity index (χ0) is 11.5. The van der Waals surface area contributed by atoms with E-state index in [4.69, 9.17) is 5.11 Å². The predicted molar refractivity (Wildman–Crippen MR) is 61.2 cm³/mol. The molecule has 0 saturated carbocycles. The summed E-state index contributed by atoms with van der Waals surface area (Å²) < 4.78 is 1.83. The molecule has 0 aliphatic heterocycles. The molecule has 0 saturated heterocycles. The van der Waals surface area contributed by atoms with Crippen molar-refractivity contribution in [2.24, 2.45) is 0 Å². The number of aromatic nitrogens is 3. The first-order chi connectivity index (χ1) is 7.74. The Morgan fingerprint density at radius 2 is 2.38 bits per heavy atom. The quantitative estimate of drug-likeness (QED) is 0.795. The van der Waals surface area contributed by atoms with Gasteiger partial charge >= 0.3 is 0 Å². The van der Waals surface area contributed by atoms with Crippen molar-refractivity contribution in [1.29, 1.82) is 0 Å². The Morgan fingerprint density at radius 1 is 1.56 bits per heavy atom. The van der Waals surface area contributed by atoms with Crippen molar-refractivity contribution in [2.75, 3.05) is 13.2 Å². The molecule has 5 heteroatoms. The van der Waals surface area contributed by atoms with E-state index in [1.807, 2.05) is 23.7 Å². The summed E-state index contributed by atoms with van der Waals surface area (Å²) in [6.07, 6.45) is 3.60.